The van der Waals surface area contributed by atoms with E-state index < -0.39 is 5.97 Å². The molecule has 1 N–H and O–H groups in total. The molecule has 0 heterocycles. The third kappa shape index (κ3) is 3.98. The van der Waals surface area contributed by atoms with Gasteiger partial charge in [-0.3, -0.25) is 4.79 Å². The summed E-state index contributed by atoms with van der Waals surface area (Å²) in [5.74, 6) is 2.35. The Labute approximate surface area is 111 Å². The van der Waals surface area contributed by atoms with Gasteiger partial charge in [0.15, 0.2) is 0 Å². The number of hydrogen-bond donors (Lipinski definition) is 1. The maximum absolute atomic E-state index is 10.4. The van der Waals surface area contributed by atoms with E-state index in [-0.39, 0.29) is 0 Å². The SMILES string of the molecule is CN(CCCCCC(=O)O)CC1CC2CCC1C2. The minimum atomic E-state index is -0.662. The highest BCUT2D eigenvalue weighted by atomic mass is 16.4. The Morgan fingerprint density at radius 2 is 2.06 bits per heavy atom. The summed E-state index contributed by atoms with van der Waals surface area (Å²) in [5, 5.41) is 8.56. The number of fused-ring (bicyclic) bond motifs is 2. The smallest absolute Gasteiger partial charge is 0.303 e. The second-order valence-corrected chi connectivity index (χ2v) is 6.40. The van der Waals surface area contributed by atoms with Crippen LogP contribution in [0.2, 0.25) is 0 Å². The fourth-order valence-corrected chi connectivity index (χ4v) is 3.93. The van der Waals surface area contributed by atoms with E-state index in [2.05, 4.69) is 11.9 Å². The van der Waals surface area contributed by atoms with Crippen LogP contribution in [0, 0.1) is 17.8 Å². The van der Waals surface area contributed by atoms with Crippen molar-refractivity contribution in [1.29, 1.82) is 0 Å². The number of carboxylic acid groups (broad SMARTS) is 1. The first kappa shape index (κ1) is 13.9. The second-order valence-electron chi connectivity index (χ2n) is 6.40. The predicted molar refractivity (Wildman–Crippen MR) is 72.5 cm³/mol. The molecule has 2 bridgehead atoms. The van der Waals surface area contributed by atoms with Crippen molar-refractivity contribution in [1.82, 2.24) is 4.90 Å². The van der Waals surface area contributed by atoms with Crippen LogP contribution in [0.3, 0.4) is 0 Å². The van der Waals surface area contributed by atoms with Crippen LogP contribution in [0.5, 0.6) is 0 Å². The van der Waals surface area contributed by atoms with Gasteiger partial charge in [-0.2, -0.15) is 0 Å². The van der Waals surface area contributed by atoms with E-state index in [1.54, 1.807) is 0 Å². The fourth-order valence-electron chi connectivity index (χ4n) is 3.93. The zero-order valence-corrected chi connectivity index (χ0v) is 11.6. The molecule has 0 aromatic carbocycles. The first-order chi connectivity index (χ1) is 8.65. The van der Waals surface area contributed by atoms with Crippen molar-refractivity contribution in [2.45, 2.75) is 51.4 Å². The van der Waals surface area contributed by atoms with Gasteiger partial charge in [0.1, 0.15) is 0 Å². The largest absolute Gasteiger partial charge is 0.481 e. The topological polar surface area (TPSA) is 40.5 Å². The van der Waals surface area contributed by atoms with Gasteiger partial charge in [-0.05, 0) is 63.5 Å². The van der Waals surface area contributed by atoms with Gasteiger partial charge in [0.25, 0.3) is 0 Å². The zero-order chi connectivity index (χ0) is 13.0. The van der Waals surface area contributed by atoms with E-state index in [0.717, 1.165) is 43.6 Å². The Morgan fingerprint density at radius 1 is 1.22 bits per heavy atom. The van der Waals surface area contributed by atoms with Gasteiger partial charge < -0.3 is 10.0 Å². The molecule has 0 spiro atoms. The molecule has 3 heteroatoms. The molecule has 2 aliphatic carbocycles. The van der Waals surface area contributed by atoms with Crippen molar-refractivity contribution < 1.29 is 9.90 Å². The van der Waals surface area contributed by atoms with Gasteiger partial charge in [0.05, 0.1) is 0 Å². The van der Waals surface area contributed by atoms with Gasteiger partial charge in [-0.25, -0.2) is 0 Å². The van der Waals surface area contributed by atoms with Crippen LogP contribution in [0.25, 0.3) is 0 Å². The average molecular weight is 253 g/mol. The molecule has 0 aromatic rings. The summed E-state index contributed by atoms with van der Waals surface area (Å²) in [7, 11) is 2.23. The number of aliphatic carboxylic acids is 1. The van der Waals surface area contributed by atoms with Crippen LogP contribution >= 0.6 is 0 Å². The molecule has 3 nitrogen and oxygen atoms in total. The summed E-state index contributed by atoms with van der Waals surface area (Å²) in [5.41, 5.74) is 0. The Morgan fingerprint density at radius 3 is 2.67 bits per heavy atom. The van der Waals surface area contributed by atoms with Crippen molar-refractivity contribution in [2.24, 2.45) is 17.8 Å². The summed E-state index contributed by atoms with van der Waals surface area (Å²) < 4.78 is 0. The third-order valence-electron chi connectivity index (χ3n) is 4.86. The summed E-state index contributed by atoms with van der Waals surface area (Å²) in [4.78, 5) is 12.9. The van der Waals surface area contributed by atoms with Crippen LogP contribution in [0.1, 0.15) is 51.4 Å². The summed E-state index contributed by atoms with van der Waals surface area (Å²) in [6.07, 6.45) is 9.28. The van der Waals surface area contributed by atoms with Crippen LogP contribution in [0.15, 0.2) is 0 Å². The molecule has 104 valence electrons. The highest BCUT2D eigenvalue weighted by molar-refractivity contribution is 5.66. The Hall–Kier alpha value is -0.570. The second kappa shape index (κ2) is 6.55. The van der Waals surface area contributed by atoms with Crippen molar-refractivity contribution in [3.05, 3.63) is 0 Å². The number of hydrogen-bond acceptors (Lipinski definition) is 2. The first-order valence-corrected chi connectivity index (χ1v) is 7.55. The molecule has 0 amide bonds. The number of nitrogens with zero attached hydrogens (tertiary/aromatic N) is 1. The molecular weight excluding hydrogens is 226 g/mol. The third-order valence-corrected chi connectivity index (χ3v) is 4.86. The average Bonchev–Trinajstić information content (AvgIpc) is 2.90. The molecule has 2 fully saturated rings. The molecule has 2 rings (SSSR count). The highest BCUT2D eigenvalue weighted by Gasteiger charge is 2.39. The first-order valence-electron chi connectivity index (χ1n) is 7.55. The predicted octanol–water partition coefficient (Wildman–Crippen LogP) is 3.00. The van der Waals surface area contributed by atoms with Crippen LogP contribution in [-0.2, 0) is 4.79 Å². The Kier molecular flexibility index (Phi) is 5.04. The van der Waals surface area contributed by atoms with Gasteiger partial charge in [0.2, 0.25) is 0 Å². The van der Waals surface area contributed by atoms with Crippen molar-refractivity contribution >= 4 is 5.97 Å². The maximum atomic E-state index is 10.4. The lowest BCUT2D eigenvalue weighted by Gasteiger charge is -2.27. The standard InChI is InChI=1S/C15H27NO2/c1-16(8-4-2-3-5-15(17)18)11-14-10-12-6-7-13(14)9-12/h12-14H,2-11H2,1H3,(H,17,18). The molecule has 3 atom stereocenters. The highest BCUT2D eigenvalue weighted by Crippen LogP contribution is 2.48. The molecule has 0 saturated heterocycles. The maximum Gasteiger partial charge on any atom is 0.303 e. The lowest BCUT2D eigenvalue weighted by molar-refractivity contribution is -0.137. The molecule has 3 unspecified atom stereocenters. The van der Waals surface area contributed by atoms with Crippen molar-refractivity contribution in [3.63, 3.8) is 0 Å². The van der Waals surface area contributed by atoms with Crippen LogP contribution in [-0.4, -0.2) is 36.1 Å². The fraction of sp³-hybridized carbons (Fsp3) is 0.933. The van der Waals surface area contributed by atoms with Gasteiger partial charge in [0, 0.05) is 13.0 Å². The van der Waals surface area contributed by atoms with Crippen molar-refractivity contribution in [2.75, 3.05) is 20.1 Å². The zero-order valence-electron chi connectivity index (χ0n) is 11.6. The van der Waals surface area contributed by atoms with E-state index >= 15 is 0 Å². The molecule has 2 saturated carbocycles. The molecule has 0 aliphatic heterocycles. The van der Waals surface area contributed by atoms with Gasteiger partial charge in [-0.15, -0.1) is 0 Å². The number of unbranched alkanes of at least 4 members (excludes halogenated alkanes) is 2. The van der Waals surface area contributed by atoms with Gasteiger partial charge in [-0.1, -0.05) is 12.8 Å². The molecular formula is C15H27NO2. The van der Waals surface area contributed by atoms with E-state index in [0.29, 0.717) is 6.42 Å². The van der Waals surface area contributed by atoms with E-state index in [1.165, 1.54) is 32.2 Å². The van der Waals surface area contributed by atoms with E-state index in [9.17, 15) is 4.79 Å². The molecule has 0 aromatic heterocycles. The summed E-state index contributed by atoms with van der Waals surface area (Å²) >= 11 is 0. The quantitative estimate of drug-likeness (QED) is 0.676. The number of rotatable bonds is 8. The Bertz CT molecular complexity index is 280. The molecule has 18 heavy (non-hydrogen) atoms. The monoisotopic (exact) mass is 253 g/mol. The summed E-state index contributed by atoms with van der Waals surface area (Å²) in [6, 6.07) is 0. The Balaban J connectivity index is 1.53. The molecule has 0 radical (unpaired) electrons. The lowest BCUT2D eigenvalue weighted by atomic mass is 9.88. The van der Waals surface area contributed by atoms with Gasteiger partial charge >= 0.3 is 5.97 Å². The van der Waals surface area contributed by atoms with E-state index in [4.69, 9.17) is 5.11 Å². The number of carbonyl (C=O) groups is 1. The van der Waals surface area contributed by atoms with E-state index in [1.807, 2.05) is 0 Å². The van der Waals surface area contributed by atoms with Crippen LogP contribution < -0.4 is 0 Å². The normalized spacial score (nSPS) is 30.2. The molecule has 2 aliphatic rings. The minimum absolute atomic E-state index is 0.329. The minimum Gasteiger partial charge on any atom is -0.481 e. The number of carboxylic acids is 1. The van der Waals surface area contributed by atoms with Crippen molar-refractivity contribution in [3.8, 4) is 0 Å². The lowest BCUT2D eigenvalue weighted by Crippen LogP contribution is -2.29. The summed E-state index contributed by atoms with van der Waals surface area (Å²) in [6.45, 7) is 2.40. The van der Waals surface area contributed by atoms with Crippen LogP contribution in [0.4, 0.5) is 0 Å².